The number of aromatic nitrogens is 3. The lowest BCUT2D eigenvalue weighted by atomic mass is 10.1. The number of fused-ring (bicyclic) bond motifs is 3. The Bertz CT molecular complexity index is 1530. The van der Waals surface area contributed by atoms with Crippen LogP contribution in [0.3, 0.4) is 0 Å². The molecular formula is C27H27N3O3S. The Hall–Kier alpha value is -3.32. The summed E-state index contributed by atoms with van der Waals surface area (Å²) in [6.45, 7) is 8.86. The molecule has 0 N–H and O–H groups in total. The van der Waals surface area contributed by atoms with Crippen molar-refractivity contribution >= 4 is 33.8 Å². The maximum absolute atomic E-state index is 13.4. The second kappa shape index (κ2) is 9.14. The van der Waals surface area contributed by atoms with Crippen LogP contribution in [0.2, 0.25) is 0 Å². The fraction of sp³-hybridized carbons (Fsp3) is 0.296. The molecule has 0 aliphatic rings. The van der Waals surface area contributed by atoms with Gasteiger partial charge in [-0.2, -0.15) is 0 Å². The van der Waals surface area contributed by atoms with E-state index in [-0.39, 0.29) is 5.56 Å². The summed E-state index contributed by atoms with van der Waals surface area (Å²) in [6, 6.07) is 15.8. The number of para-hydroxylation sites is 1. The van der Waals surface area contributed by atoms with Gasteiger partial charge in [-0.05, 0) is 50.5 Å². The summed E-state index contributed by atoms with van der Waals surface area (Å²) in [5.74, 6) is 2.39. The van der Waals surface area contributed by atoms with Gasteiger partial charge in [0.05, 0.1) is 5.69 Å². The van der Waals surface area contributed by atoms with E-state index in [1.165, 1.54) is 17.3 Å². The minimum absolute atomic E-state index is 0.137. The summed E-state index contributed by atoms with van der Waals surface area (Å²) in [4.78, 5) is 23.0. The molecule has 0 aliphatic carbocycles. The van der Waals surface area contributed by atoms with Crippen molar-refractivity contribution in [3.05, 3.63) is 75.9 Å². The van der Waals surface area contributed by atoms with Crippen molar-refractivity contribution in [3.63, 3.8) is 0 Å². The number of oxazole rings is 1. The van der Waals surface area contributed by atoms with Crippen LogP contribution in [0.1, 0.15) is 37.3 Å². The molecule has 2 aromatic carbocycles. The Morgan fingerprint density at radius 2 is 1.76 bits per heavy atom. The van der Waals surface area contributed by atoms with Gasteiger partial charge in [0.15, 0.2) is 5.16 Å². The van der Waals surface area contributed by atoms with Crippen molar-refractivity contribution in [2.24, 2.45) is 5.92 Å². The molecule has 0 bridgehead atoms. The van der Waals surface area contributed by atoms with Crippen LogP contribution in [0.15, 0.2) is 67.3 Å². The highest BCUT2D eigenvalue weighted by Crippen LogP contribution is 2.30. The Labute approximate surface area is 202 Å². The van der Waals surface area contributed by atoms with Gasteiger partial charge in [-0.15, -0.1) is 0 Å². The Kier molecular flexibility index (Phi) is 6.04. The van der Waals surface area contributed by atoms with Crippen molar-refractivity contribution in [1.82, 2.24) is 14.5 Å². The molecule has 0 fully saturated rings. The molecule has 5 aromatic rings. The van der Waals surface area contributed by atoms with Gasteiger partial charge in [-0.3, -0.25) is 9.36 Å². The number of thioether (sulfide) groups is 1. The van der Waals surface area contributed by atoms with Crippen LogP contribution in [-0.4, -0.2) is 14.5 Å². The Morgan fingerprint density at radius 3 is 2.53 bits per heavy atom. The highest BCUT2D eigenvalue weighted by Gasteiger charge is 2.19. The maximum Gasteiger partial charge on any atom is 0.297 e. The van der Waals surface area contributed by atoms with Crippen molar-refractivity contribution in [1.29, 1.82) is 0 Å². The minimum atomic E-state index is -0.137. The summed E-state index contributed by atoms with van der Waals surface area (Å²) in [7, 11) is 0. The number of nitrogens with zero attached hydrogens (tertiary/aromatic N) is 3. The fourth-order valence-electron chi connectivity index (χ4n) is 3.86. The smallest absolute Gasteiger partial charge is 0.297 e. The zero-order valence-electron chi connectivity index (χ0n) is 19.8. The topological polar surface area (TPSA) is 74.1 Å². The van der Waals surface area contributed by atoms with Gasteiger partial charge in [0, 0.05) is 23.2 Å². The molecular weight excluding hydrogens is 446 g/mol. The molecule has 174 valence electrons. The van der Waals surface area contributed by atoms with Gasteiger partial charge in [-0.1, -0.05) is 55.4 Å². The molecule has 7 heteroatoms. The number of aryl methyl sites for hydroxylation is 2. The second-order valence-corrected chi connectivity index (χ2v) is 9.93. The van der Waals surface area contributed by atoms with E-state index in [1.807, 2.05) is 55.5 Å². The Balaban J connectivity index is 1.51. The van der Waals surface area contributed by atoms with Crippen LogP contribution < -0.4 is 5.56 Å². The third-order valence-electron chi connectivity index (χ3n) is 5.91. The molecule has 6 nitrogen and oxygen atoms in total. The van der Waals surface area contributed by atoms with E-state index in [9.17, 15) is 4.79 Å². The predicted octanol–water partition coefficient (Wildman–Crippen LogP) is 6.75. The molecule has 34 heavy (non-hydrogen) atoms. The monoisotopic (exact) mass is 473 g/mol. The van der Waals surface area contributed by atoms with Crippen molar-refractivity contribution < 1.29 is 8.83 Å². The molecule has 0 spiro atoms. The molecule has 0 aliphatic heterocycles. The molecule has 0 unspecified atom stereocenters. The quantitative estimate of drug-likeness (QED) is 0.192. The van der Waals surface area contributed by atoms with E-state index < -0.39 is 0 Å². The lowest BCUT2D eigenvalue weighted by Crippen LogP contribution is -2.23. The number of hydrogen-bond acceptors (Lipinski definition) is 6. The van der Waals surface area contributed by atoms with Crippen LogP contribution in [-0.2, 0) is 12.3 Å². The number of furan rings is 1. The van der Waals surface area contributed by atoms with Gasteiger partial charge < -0.3 is 8.83 Å². The second-order valence-electron chi connectivity index (χ2n) is 8.99. The Morgan fingerprint density at radius 1 is 1.00 bits per heavy atom. The molecule has 0 atom stereocenters. The average Bonchev–Trinajstić information content (AvgIpc) is 3.38. The van der Waals surface area contributed by atoms with Gasteiger partial charge in [-0.25, -0.2) is 9.97 Å². The average molecular weight is 474 g/mol. The van der Waals surface area contributed by atoms with Crippen molar-refractivity contribution in [2.75, 3.05) is 0 Å². The first-order chi connectivity index (χ1) is 16.4. The molecule has 3 aromatic heterocycles. The van der Waals surface area contributed by atoms with E-state index in [0.717, 1.165) is 28.8 Å². The molecule has 0 radical (unpaired) electrons. The molecule has 0 saturated carbocycles. The third kappa shape index (κ3) is 4.28. The summed E-state index contributed by atoms with van der Waals surface area (Å²) in [6.07, 6.45) is 0.876. The van der Waals surface area contributed by atoms with E-state index in [2.05, 4.69) is 20.8 Å². The first-order valence-corrected chi connectivity index (χ1v) is 12.5. The predicted molar refractivity (Wildman–Crippen MR) is 136 cm³/mol. The lowest BCUT2D eigenvalue weighted by molar-refractivity contribution is 0.476. The van der Waals surface area contributed by atoms with Crippen LogP contribution in [0.4, 0.5) is 0 Å². The number of rotatable bonds is 7. The molecule has 5 rings (SSSR count). The first kappa shape index (κ1) is 22.5. The summed E-state index contributed by atoms with van der Waals surface area (Å²) in [5, 5.41) is 1.52. The van der Waals surface area contributed by atoms with Crippen molar-refractivity contribution in [2.45, 2.75) is 51.6 Å². The SMILES string of the molecule is Cc1ccc(-c2nc(CSc3nc4c(oc5ccccc54)c(=O)n3CCC(C)C)c(C)o2)cc1. The van der Waals surface area contributed by atoms with Crippen LogP contribution >= 0.6 is 11.8 Å². The van der Waals surface area contributed by atoms with Gasteiger partial charge in [0.1, 0.15) is 16.9 Å². The lowest BCUT2D eigenvalue weighted by Gasteiger charge is -2.12. The molecule has 0 amide bonds. The molecule has 0 saturated heterocycles. The summed E-state index contributed by atoms with van der Waals surface area (Å²) in [5.41, 5.74) is 4.45. The number of hydrogen-bond donors (Lipinski definition) is 0. The summed E-state index contributed by atoms with van der Waals surface area (Å²) >= 11 is 1.51. The molecule has 3 heterocycles. The van der Waals surface area contributed by atoms with E-state index in [1.54, 1.807) is 4.57 Å². The largest absolute Gasteiger partial charge is 0.448 e. The van der Waals surface area contributed by atoms with Crippen LogP contribution in [0, 0.1) is 19.8 Å². The van der Waals surface area contributed by atoms with Gasteiger partial charge >= 0.3 is 0 Å². The summed E-state index contributed by atoms with van der Waals surface area (Å²) < 4.78 is 13.6. The van der Waals surface area contributed by atoms with E-state index in [0.29, 0.717) is 45.9 Å². The van der Waals surface area contributed by atoms with Gasteiger partial charge in [0.2, 0.25) is 11.5 Å². The van der Waals surface area contributed by atoms with Crippen molar-refractivity contribution in [3.8, 4) is 11.5 Å². The van der Waals surface area contributed by atoms with Gasteiger partial charge in [0.25, 0.3) is 5.56 Å². The maximum atomic E-state index is 13.4. The minimum Gasteiger partial charge on any atom is -0.448 e. The fourth-order valence-corrected chi connectivity index (χ4v) is 4.88. The normalized spacial score (nSPS) is 11.8. The van der Waals surface area contributed by atoms with E-state index in [4.69, 9.17) is 18.8 Å². The zero-order chi connectivity index (χ0) is 23.8. The van der Waals surface area contributed by atoms with Crippen LogP contribution in [0.5, 0.6) is 0 Å². The third-order valence-corrected chi connectivity index (χ3v) is 6.89. The first-order valence-electron chi connectivity index (χ1n) is 11.5. The van der Waals surface area contributed by atoms with E-state index >= 15 is 0 Å². The highest BCUT2D eigenvalue weighted by atomic mass is 32.2. The van der Waals surface area contributed by atoms with Crippen LogP contribution in [0.25, 0.3) is 33.5 Å². The highest BCUT2D eigenvalue weighted by molar-refractivity contribution is 7.98. The zero-order valence-corrected chi connectivity index (χ0v) is 20.6. The standard InChI is InChI=1S/C27H27N3O3S/c1-16(2)13-14-30-26(31)24-23(20-7-5-6-8-22(20)33-24)29-27(30)34-15-21-18(4)32-25(28-21)19-11-9-17(3)10-12-19/h5-12,16H,13-15H2,1-4H3. The number of benzene rings is 2.